The molecule has 1 aliphatic rings. The van der Waals surface area contributed by atoms with Gasteiger partial charge in [-0.3, -0.25) is 9.48 Å². The Hall–Kier alpha value is -3.48. The fourth-order valence-corrected chi connectivity index (χ4v) is 3.90. The molecule has 1 amide bonds. The van der Waals surface area contributed by atoms with Crippen LogP contribution >= 0.6 is 0 Å². The summed E-state index contributed by atoms with van der Waals surface area (Å²) in [7, 11) is 1.59. The summed E-state index contributed by atoms with van der Waals surface area (Å²) >= 11 is 0. The Balaban J connectivity index is 1.46. The Morgan fingerprint density at radius 3 is 2.62 bits per heavy atom. The molecule has 0 aliphatic carbocycles. The van der Waals surface area contributed by atoms with Crippen molar-refractivity contribution >= 4 is 11.5 Å². The molecule has 0 atom stereocenters. The number of methoxy groups -OCH3 is 1. The molecule has 166 valence electrons. The highest BCUT2D eigenvalue weighted by Crippen LogP contribution is 2.24. The Morgan fingerprint density at radius 2 is 1.94 bits per heavy atom. The van der Waals surface area contributed by atoms with E-state index in [0.717, 1.165) is 41.1 Å². The minimum absolute atomic E-state index is 0.0741. The van der Waals surface area contributed by atoms with Gasteiger partial charge in [-0.05, 0) is 55.5 Å². The molecule has 0 saturated heterocycles. The molecule has 3 heterocycles. The first kappa shape index (κ1) is 21.7. The smallest absolute Gasteiger partial charge is 0.244 e. The van der Waals surface area contributed by atoms with Crippen molar-refractivity contribution in [3.8, 4) is 17.1 Å². The summed E-state index contributed by atoms with van der Waals surface area (Å²) < 4.78 is 7.04. The van der Waals surface area contributed by atoms with Crippen LogP contribution in [-0.4, -0.2) is 50.8 Å². The number of nitrogens with zero attached hydrogens (tertiary/aromatic N) is 5. The molecule has 0 radical (unpaired) electrons. The largest absolute Gasteiger partial charge is 0.481 e. The van der Waals surface area contributed by atoms with Crippen LogP contribution in [0.1, 0.15) is 35.9 Å². The maximum absolute atomic E-state index is 13.0. The summed E-state index contributed by atoms with van der Waals surface area (Å²) in [5, 5.41) is 4.76. The maximum Gasteiger partial charge on any atom is 0.244 e. The number of hydrogen-bond donors (Lipinski definition) is 0. The Kier molecular flexibility index (Phi) is 6.35. The lowest BCUT2D eigenvalue weighted by Gasteiger charge is -2.26. The Morgan fingerprint density at radius 1 is 1.09 bits per heavy atom. The van der Waals surface area contributed by atoms with Crippen molar-refractivity contribution in [3.63, 3.8) is 0 Å². The molecule has 1 aliphatic heterocycles. The zero-order valence-corrected chi connectivity index (χ0v) is 19.1. The fourth-order valence-electron chi connectivity index (χ4n) is 3.90. The van der Waals surface area contributed by atoms with Crippen LogP contribution in [0.25, 0.3) is 16.8 Å². The Bertz CT molecular complexity index is 1160. The number of ether oxygens (including phenoxy) is 1. The monoisotopic (exact) mass is 431 g/mol. The quantitative estimate of drug-likeness (QED) is 0.593. The Labute approximate surface area is 188 Å². The van der Waals surface area contributed by atoms with Crippen LogP contribution in [0, 0.1) is 13.8 Å². The van der Waals surface area contributed by atoms with E-state index in [2.05, 4.69) is 61.1 Å². The zero-order valence-electron chi connectivity index (χ0n) is 19.1. The van der Waals surface area contributed by atoms with Gasteiger partial charge in [0, 0.05) is 30.4 Å². The van der Waals surface area contributed by atoms with Gasteiger partial charge in [-0.1, -0.05) is 25.1 Å². The molecule has 4 rings (SSSR count). The molecule has 0 fully saturated rings. The van der Waals surface area contributed by atoms with Gasteiger partial charge in [0.15, 0.2) is 0 Å². The average Bonchev–Trinajstić information content (AvgIpc) is 3.23. The van der Waals surface area contributed by atoms with E-state index in [4.69, 9.17) is 9.84 Å². The van der Waals surface area contributed by atoms with Gasteiger partial charge < -0.3 is 9.64 Å². The lowest BCUT2D eigenvalue weighted by molar-refractivity contribution is -0.131. The van der Waals surface area contributed by atoms with E-state index in [-0.39, 0.29) is 12.5 Å². The highest BCUT2D eigenvalue weighted by Gasteiger charge is 2.21. The second kappa shape index (κ2) is 9.34. The predicted molar refractivity (Wildman–Crippen MR) is 124 cm³/mol. The number of rotatable bonds is 6. The lowest BCUT2D eigenvalue weighted by atomic mass is 10.0. The van der Waals surface area contributed by atoms with Crippen molar-refractivity contribution in [2.75, 3.05) is 20.2 Å². The van der Waals surface area contributed by atoms with E-state index in [1.54, 1.807) is 7.11 Å². The summed E-state index contributed by atoms with van der Waals surface area (Å²) in [5.74, 6) is 0.616. The van der Waals surface area contributed by atoms with E-state index in [0.29, 0.717) is 19.0 Å². The van der Waals surface area contributed by atoms with E-state index < -0.39 is 0 Å². The minimum atomic E-state index is 0.0741. The number of carbonyl (C=O) groups excluding carboxylic acids is 1. The van der Waals surface area contributed by atoms with Crippen molar-refractivity contribution < 1.29 is 9.53 Å². The van der Waals surface area contributed by atoms with E-state index in [1.165, 1.54) is 17.5 Å². The molecule has 32 heavy (non-hydrogen) atoms. The van der Waals surface area contributed by atoms with Crippen LogP contribution in [-0.2, 0) is 17.8 Å². The number of aryl methyl sites for hydroxylation is 3. The molecule has 2 aromatic heterocycles. The van der Waals surface area contributed by atoms with Gasteiger partial charge in [-0.2, -0.15) is 5.10 Å². The lowest BCUT2D eigenvalue weighted by Crippen LogP contribution is -2.37. The van der Waals surface area contributed by atoms with Crippen molar-refractivity contribution in [2.24, 2.45) is 0 Å². The minimum Gasteiger partial charge on any atom is -0.481 e. The first-order chi connectivity index (χ1) is 15.5. The molecule has 1 aromatic carbocycles. The first-order valence-electron chi connectivity index (χ1n) is 11.0. The van der Waals surface area contributed by atoms with Crippen LogP contribution in [0.15, 0.2) is 42.7 Å². The van der Waals surface area contributed by atoms with Crippen LogP contribution in [0.3, 0.4) is 0 Å². The number of carbonyl (C=O) groups is 1. The number of aromatic nitrogens is 4. The van der Waals surface area contributed by atoms with Crippen LogP contribution in [0.4, 0.5) is 0 Å². The standard InChI is InChI=1S/C25H29N5O2/c1-5-21-13-23(20-7-6-17(2)18(3)12-20)28-30(21)15-25(31)29-10-8-19(9-11-29)22-14-24(32-4)27-16-26-22/h6-8,12-14,16H,5,9-11,15H2,1-4H3. The first-order valence-corrected chi connectivity index (χ1v) is 11.0. The van der Waals surface area contributed by atoms with Gasteiger partial charge in [-0.15, -0.1) is 0 Å². The van der Waals surface area contributed by atoms with Crippen LogP contribution in [0.5, 0.6) is 5.88 Å². The third-order valence-electron chi connectivity index (χ3n) is 6.06. The molecule has 0 bridgehead atoms. The molecular formula is C25H29N5O2. The van der Waals surface area contributed by atoms with Gasteiger partial charge >= 0.3 is 0 Å². The molecular weight excluding hydrogens is 402 g/mol. The topological polar surface area (TPSA) is 73.1 Å². The third-order valence-corrected chi connectivity index (χ3v) is 6.06. The molecule has 7 nitrogen and oxygen atoms in total. The van der Waals surface area contributed by atoms with Gasteiger partial charge in [0.2, 0.25) is 11.8 Å². The van der Waals surface area contributed by atoms with Crippen molar-refractivity contribution in [1.82, 2.24) is 24.6 Å². The number of amides is 1. The number of benzene rings is 1. The predicted octanol–water partition coefficient (Wildman–Crippen LogP) is 3.84. The molecule has 0 N–H and O–H groups in total. The van der Waals surface area contributed by atoms with E-state index in [9.17, 15) is 4.79 Å². The molecule has 0 spiro atoms. The second-order valence-electron chi connectivity index (χ2n) is 8.10. The number of hydrogen-bond acceptors (Lipinski definition) is 5. The summed E-state index contributed by atoms with van der Waals surface area (Å²) in [6.45, 7) is 7.77. The van der Waals surface area contributed by atoms with Gasteiger partial charge in [-0.25, -0.2) is 9.97 Å². The SMILES string of the molecule is CCc1cc(-c2ccc(C)c(C)c2)nn1CC(=O)N1CC=C(c2cc(OC)ncn2)CC1. The van der Waals surface area contributed by atoms with Crippen LogP contribution in [0.2, 0.25) is 0 Å². The summed E-state index contributed by atoms with van der Waals surface area (Å²) in [6.07, 6.45) is 5.14. The van der Waals surface area contributed by atoms with Crippen molar-refractivity contribution in [2.45, 2.75) is 40.2 Å². The average molecular weight is 432 g/mol. The normalized spacial score (nSPS) is 13.8. The van der Waals surface area contributed by atoms with Gasteiger partial charge in [0.1, 0.15) is 12.9 Å². The highest BCUT2D eigenvalue weighted by molar-refractivity contribution is 5.78. The van der Waals surface area contributed by atoms with Gasteiger partial charge in [0.05, 0.1) is 18.5 Å². The van der Waals surface area contributed by atoms with Crippen molar-refractivity contribution in [3.05, 3.63) is 65.2 Å². The molecule has 7 heteroatoms. The summed E-state index contributed by atoms with van der Waals surface area (Å²) in [6, 6.07) is 10.3. The van der Waals surface area contributed by atoms with Crippen molar-refractivity contribution in [1.29, 1.82) is 0 Å². The molecule has 0 unspecified atom stereocenters. The summed E-state index contributed by atoms with van der Waals surface area (Å²) in [4.78, 5) is 23.3. The third kappa shape index (κ3) is 4.56. The van der Waals surface area contributed by atoms with Crippen LogP contribution < -0.4 is 4.74 Å². The summed E-state index contributed by atoms with van der Waals surface area (Å²) in [5.41, 5.74) is 7.52. The zero-order chi connectivity index (χ0) is 22.7. The highest BCUT2D eigenvalue weighted by atomic mass is 16.5. The van der Waals surface area contributed by atoms with E-state index in [1.807, 2.05) is 15.6 Å². The van der Waals surface area contributed by atoms with E-state index >= 15 is 0 Å². The van der Waals surface area contributed by atoms with Gasteiger partial charge in [0.25, 0.3) is 0 Å². The fraction of sp³-hybridized carbons (Fsp3) is 0.360. The maximum atomic E-state index is 13.0. The second-order valence-corrected chi connectivity index (χ2v) is 8.10. The molecule has 0 saturated carbocycles. The molecule has 3 aromatic rings.